The van der Waals surface area contributed by atoms with Crippen LogP contribution < -0.4 is 11.0 Å². The molecule has 4 aromatic rings. The van der Waals surface area contributed by atoms with Gasteiger partial charge in [0.15, 0.2) is 0 Å². The lowest BCUT2D eigenvalue weighted by atomic mass is 10.1. The Morgan fingerprint density at radius 3 is 2.97 bits per heavy atom. The van der Waals surface area contributed by atoms with E-state index in [1.54, 1.807) is 6.21 Å². The van der Waals surface area contributed by atoms with Crippen LogP contribution in [-0.4, -0.2) is 27.1 Å². The highest BCUT2D eigenvalue weighted by atomic mass is 32.1. The second kappa shape index (κ2) is 7.63. The van der Waals surface area contributed by atoms with Crippen LogP contribution in [0.5, 0.6) is 0 Å². The van der Waals surface area contributed by atoms with Gasteiger partial charge in [0, 0.05) is 27.5 Å². The Bertz CT molecular complexity index is 1310. The number of hydrazone groups is 1. The first kappa shape index (κ1) is 19.1. The first-order valence-corrected chi connectivity index (χ1v) is 10.2. The molecule has 29 heavy (non-hydrogen) atoms. The number of nitrogens with zero attached hydrogens (tertiary/aromatic N) is 2. The molecule has 0 unspecified atom stereocenters. The Labute approximate surface area is 170 Å². The van der Waals surface area contributed by atoms with E-state index in [-0.39, 0.29) is 17.9 Å². The topological polar surface area (TPSA) is 103 Å². The Morgan fingerprint density at radius 1 is 1.34 bits per heavy atom. The predicted molar refractivity (Wildman–Crippen MR) is 117 cm³/mol. The summed E-state index contributed by atoms with van der Waals surface area (Å²) in [5.41, 5.74) is 6.44. The minimum atomic E-state index is -0.345. The third kappa shape index (κ3) is 3.58. The summed E-state index contributed by atoms with van der Waals surface area (Å²) in [7, 11) is 0. The Balaban J connectivity index is 1.48. The minimum absolute atomic E-state index is 0.0492. The Hall–Kier alpha value is -3.26. The van der Waals surface area contributed by atoms with Gasteiger partial charge in [0.2, 0.25) is 5.91 Å². The summed E-state index contributed by atoms with van der Waals surface area (Å²) in [5, 5.41) is 5.71. The van der Waals surface area contributed by atoms with E-state index in [0.717, 1.165) is 33.3 Å². The average molecular weight is 407 g/mol. The number of rotatable bonds is 5. The number of hydrogen-bond acceptors (Lipinski definition) is 5. The van der Waals surface area contributed by atoms with E-state index in [1.165, 1.54) is 16.9 Å². The number of aryl methyl sites for hydroxylation is 3. The van der Waals surface area contributed by atoms with Gasteiger partial charge in [-0.25, -0.2) is 10.4 Å². The summed E-state index contributed by atoms with van der Waals surface area (Å²) in [4.78, 5) is 36.6. The average Bonchev–Trinajstić information content (AvgIpc) is 3.22. The molecule has 1 amide bonds. The number of benzene rings is 1. The molecule has 0 aliphatic carbocycles. The molecule has 0 saturated carbocycles. The quantitative estimate of drug-likeness (QED) is 0.349. The molecule has 0 fully saturated rings. The first-order chi connectivity index (χ1) is 14.0. The van der Waals surface area contributed by atoms with Crippen molar-refractivity contribution in [1.29, 1.82) is 0 Å². The van der Waals surface area contributed by atoms with Gasteiger partial charge in [0.05, 0.1) is 18.0 Å². The lowest BCUT2D eigenvalue weighted by Crippen LogP contribution is -2.23. The summed E-state index contributed by atoms with van der Waals surface area (Å²) in [6.07, 6.45) is 4.37. The van der Waals surface area contributed by atoms with Gasteiger partial charge >= 0.3 is 0 Å². The smallest absolute Gasteiger partial charge is 0.259 e. The van der Waals surface area contributed by atoms with E-state index < -0.39 is 0 Å². The van der Waals surface area contributed by atoms with Gasteiger partial charge in [-0.2, -0.15) is 5.10 Å². The number of hydrogen-bond donors (Lipinski definition) is 3. The molecule has 3 aromatic heterocycles. The van der Waals surface area contributed by atoms with E-state index in [1.807, 2.05) is 32.2 Å². The van der Waals surface area contributed by atoms with Crippen molar-refractivity contribution in [2.45, 2.75) is 33.6 Å². The maximum absolute atomic E-state index is 12.3. The fourth-order valence-electron chi connectivity index (χ4n) is 3.39. The van der Waals surface area contributed by atoms with Gasteiger partial charge in [-0.1, -0.05) is 25.1 Å². The molecule has 0 aliphatic heterocycles. The lowest BCUT2D eigenvalue weighted by Gasteiger charge is -2.01. The van der Waals surface area contributed by atoms with E-state index >= 15 is 0 Å². The number of amides is 1. The standard InChI is InChI=1S/C21H21N5O2S/c1-4-13-6-5-7-15-14(9-22-19(13)15)10-23-26-17(27)8-16-24-20(28)18-11(2)12(3)29-21(18)25-16/h5-7,9-10,22H,4,8H2,1-3H3,(H,26,27)(H,24,25,28)/b23-10+. The van der Waals surface area contributed by atoms with Gasteiger partial charge in [-0.05, 0) is 31.4 Å². The fraction of sp³-hybridized carbons (Fsp3) is 0.238. The van der Waals surface area contributed by atoms with Crippen molar-refractivity contribution in [1.82, 2.24) is 20.4 Å². The highest BCUT2D eigenvalue weighted by Crippen LogP contribution is 2.25. The molecule has 0 atom stereocenters. The van der Waals surface area contributed by atoms with Gasteiger partial charge in [0.1, 0.15) is 10.7 Å². The third-order valence-electron chi connectivity index (χ3n) is 5.02. The van der Waals surface area contributed by atoms with Crippen molar-refractivity contribution < 1.29 is 4.79 Å². The highest BCUT2D eigenvalue weighted by Gasteiger charge is 2.13. The molecular weight excluding hydrogens is 386 g/mol. The zero-order chi connectivity index (χ0) is 20.5. The summed E-state index contributed by atoms with van der Waals surface area (Å²) in [6, 6.07) is 6.11. The summed E-state index contributed by atoms with van der Waals surface area (Å²) >= 11 is 1.46. The van der Waals surface area contributed by atoms with Crippen LogP contribution in [0, 0.1) is 13.8 Å². The monoisotopic (exact) mass is 407 g/mol. The van der Waals surface area contributed by atoms with Gasteiger partial charge < -0.3 is 9.97 Å². The molecule has 0 saturated heterocycles. The number of nitrogens with one attached hydrogen (secondary N) is 3. The molecule has 3 N–H and O–H groups in total. The molecule has 8 heteroatoms. The van der Waals surface area contributed by atoms with Crippen LogP contribution in [0.4, 0.5) is 0 Å². The number of aromatic amines is 2. The number of carbonyl (C=O) groups excluding carboxylic acids is 1. The summed E-state index contributed by atoms with van der Waals surface area (Å²) < 4.78 is 0. The van der Waals surface area contributed by atoms with Gasteiger partial charge in [-0.3, -0.25) is 9.59 Å². The van der Waals surface area contributed by atoms with E-state index in [4.69, 9.17) is 0 Å². The van der Waals surface area contributed by atoms with E-state index in [0.29, 0.717) is 16.0 Å². The molecule has 0 radical (unpaired) electrons. The number of fused-ring (bicyclic) bond motifs is 2. The van der Waals surface area contributed by atoms with Crippen LogP contribution in [0.25, 0.3) is 21.1 Å². The van der Waals surface area contributed by atoms with Crippen molar-refractivity contribution in [3.8, 4) is 0 Å². The second-order valence-electron chi connectivity index (χ2n) is 6.88. The number of H-pyrrole nitrogens is 2. The second-order valence-corrected chi connectivity index (χ2v) is 8.09. The number of thiophene rings is 1. The van der Waals surface area contributed by atoms with Crippen molar-refractivity contribution in [3.05, 3.63) is 62.1 Å². The highest BCUT2D eigenvalue weighted by molar-refractivity contribution is 7.18. The largest absolute Gasteiger partial charge is 0.360 e. The molecule has 0 spiro atoms. The maximum atomic E-state index is 12.3. The predicted octanol–water partition coefficient (Wildman–Crippen LogP) is 3.34. The SMILES string of the molecule is CCc1cccc2c(/C=N/NC(=O)Cc3nc4sc(C)c(C)c4c(=O)[nH]3)c[nH]c12. The molecule has 0 bridgehead atoms. The van der Waals surface area contributed by atoms with Crippen LogP contribution in [0.2, 0.25) is 0 Å². The molecule has 148 valence electrons. The molecule has 3 heterocycles. The first-order valence-electron chi connectivity index (χ1n) is 9.37. The Morgan fingerprint density at radius 2 is 2.17 bits per heavy atom. The van der Waals surface area contributed by atoms with Gasteiger partial charge in [-0.15, -0.1) is 11.3 Å². The van der Waals surface area contributed by atoms with E-state index in [9.17, 15) is 9.59 Å². The normalized spacial score (nSPS) is 11.7. The minimum Gasteiger partial charge on any atom is -0.360 e. The van der Waals surface area contributed by atoms with Crippen LogP contribution >= 0.6 is 11.3 Å². The van der Waals surface area contributed by atoms with Crippen LogP contribution in [0.3, 0.4) is 0 Å². The zero-order valence-corrected chi connectivity index (χ0v) is 17.2. The van der Waals surface area contributed by atoms with Gasteiger partial charge in [0.25, 0.3) is 5.56 Å². The zero-order valence-electron chi connectivity index (χ0n) is 16.4. The van der Waals surface area contributed by atoms with Crippen molar-refractivity contribution in [3.63, 3.8) is 0 Å². The van der Waals surface area contributed by atoms with Crippen molar-refractivity contribution in [2.24, 2.45) is 5.10 Å². The van der Waals surface area contributed by atoms with Crippen LogP contribution in [-0.2, 0) is 17.6 Å². The van der Waals surface area contributed by atoms with Crippen LogP contribution in [0.15, 0.2) is 34.3 Å². The lowest BCUT2D eigenvalue weighted by molar-refractivity contribution is -0.120. The molecule has 1 aromatic carbocycles. The van der Waals surface area contributed by atoms with E-state index in [2.05, 4.69) is 38.5 Å². The number of carbonyl (C=O) groups is 1. The third-order valence-corrected chi connectivity index (χ3v) is 6.12. The number of para-hydroxylation sites is 1. The van der Waals surface area contributed by atoms with Crippen LogP contribution in [0.1, 0.15) is 34.3 Å². The molecule has 0 aliphatic rings. The molecular formula is C21H21N5O2S. The maximum Gasteiger partial charge on any atom is 0.259 e. The fourth-order valence-corrected chi connectivity index (χ4v) is 4.44. The summed E-state index contributed by atoms with van der Waals surface area (Å²) in [5.74, 6) is -0.0148. The van der Waals surface area contributed by atoms with Crippen molar-refractivity contribution >= 4 is 44.6 Å². The molecule has 4 rings (SSSR count). The van der Waals surface area contributed by atoms with Crippen molar-refractivity contribution in [2.75, 3.05) is 0 Å². The molecule has 7 nitrogen and oxygen atoms in total. The summed E-state index contributed by atoms with van der Waals surface area (Å²) in [6.45, 7) is 5.97. The Kier molecular flexibility index (Phi) is 5.02. The number of aromatic nitrogens is 3.